The fraction of sp³-hybridized carbons (Fsp3) is 0.214. The van der Waals surface area contributed by atoms with Gasteiger partial charge < -0.3 is 4.90 Å². The predicted octanol–water partition coefficient (Wildman–Crippen LogP) is 3.60. The molecule has 0 bridgehead atoms. The molecule has 0 radical (unpaired) electrons. The molecule has 1 heterocycles. The van der Waals surface area contributed by atoms with Crippen molar-refractivity contribution in [2.75, 3.05) is 11.9 Å². The first-order valence-electron chi connectivity index (χ1n) is 5.65. The van der Waals surface area contributed by atoms with Crippen molar-refractivity contribution in [3.05, 3.63) is 59.5 Å². The van der Waals surface area contributed by atoms with Gasteiger partial charge >= 0.3 is 0 Å². The fourth-order valence-corrected chi connectivity index (χ4v) is 1.86. The summed E-state index contributed by atoms with van der Waals surface area (Å²) in [5.41, 5.74) is 2.07. The predicted molar refractivity (Wildman–Crippen MR) is 72.3 cm³/mol. The zero-order valence-electron chi connectivity index (χ0n) is 10.1. The van der Waals surface area contributed by atoms with Crippen molar-refractivity contribution >= 4 is 17.4 Å². The molecule has 0 atom stereocenters. The van der Waals surface area contributed by atoms with Crippen LogP contribution in [0.15, 0.2) is 42.6 Å². The Morgan fingerprint density at radius 2 is 1.89 bits per heavy atom. The molecule has 0 saturated heterocycles. The molecule has 0 aliphatic rings. The summed E-state index contributed by atoms with van der Waals surface area (Å²) in [6, 6.07) is 10.3. The van der Waals surface area contributed by atoms with Gasteiger partial charge in [0.1, 0.15) is 11.6 Å². The largest absolute Gasteiger partial charge is 0.355 e. The first kappa shape index (κ1) is 12.8. The van der Waals surface area contributed by atoms with Crippen molar-refractivity contribution in [1.29, 1.82) is 0 Å². The quantitative estimate of drug-likeness (QED) is 0.785. The molecule has 4 heteroatoms. The number of benzene rings is 1. The van der Waals surface area contributed by atoms with Gasteiger partial charge in [-0.05, 0) is 35.4 Å². The minimum absolute atomic E-state index is 0.219. The van der Waals surface area contributed by atoms with Gasteiger partial charge in [0, 0.05) is 25.7 Å². The van der Waals surface area contributed by atoms with Crippen LogP contribution in [-0.2, 0) is 12.4 Å². The lowest BCUT2D eigenvalue weighted by Gasteiger charge is -2.18. The molecule has 94 valence electrons. The van der Waals surface area contributed by atoms with Gasteiger partial charge in [0.2, 0.25) is 0 Å². The highest BCUT2D eigenvalue weighted by Gasteiger charge is 2.04. The Bertz CT molecular complexity index is 513. The van der Waals surface area contributed by atoms with Crippen molar-refractivity contribution in [1.82, 2.24) is 4.98 Å². The topological polar surface area (TPSA) is 16.1 Å². The highest BCUT2D eigenvalue weighted by Crippen LogP contribution is 2.15. The maximum Gasteiger partial charge on any atom is 0.128 e. The molecule has 0 saturated carbocycles. The van der Waals surface area contributed by atoms with E-state index in [-0.39, 0.29) is 5.82 Å². The van der Waals surface area contributed by atoms with Crippen LogP contribution in [0.3, 0.4) is 0 Å². The van der Waals surface area contributed by atoms with Gasteiger partial charge in [0.05, 0.1) is 0 Å². The normalized spacial score (nSPS) is 10.4. The second kappa shape index (κ2) is 5.83. The summed E-state index contributed by atoms with van der Waals surface area (Å²) in [4.78, 5) is 6.30. The maximum absolute atomic E-state index is 12.8. The van der Waals surface area contributed by atoms with Crippen LogP contribution in [-0.4, -0.2) is 12.0 Å². The summed E-state index contributed by atoms with van der Waals surface area (Å²) in [6.07, 6.45) is 1.74. The van der Waals surface area contributed by atoms with Crippen LogP contribution in [0.5, 0.6) is 0 Å². The molecular weight excluding hydrogens is 251 g/mol. The molecule has 0 aliphatic heterocycles. The lowest BCUT2D eigenvalue weighted by atomic mass is 10.2. The Kier molecular flexibility index (Phi) is 4.15. The number of hydrogen-bond donors (Lipinski definition) is 0. The second-order valence-corrected chi connectivity index (χ2v) is 4.41. The van der Waals surface area contributed by atoms with E-state index < -0.39 is 0 Å². The number of hydrogen-bond acceptors (Lipinski definition) is 2. The molecule has 2 rings (SSSR count). The zero-order chi connectivity index (χ0) is 13.0. The van der Waals surface area contributed by atoms with Crippen LogP contribution in [0.4, 0.5) is 10.2 Å². The van der Waals surface area contributed by atoms with Gasteiger partial charge in [0.25, 0.3) is 0 Å². The molecule has 2 nitrogen and oxygen atoms in total. The number of nitrogens with zero attached hydrogens (tertiary/aromatic N) is 2. The van der Waals surface area contributed by atoms with Crippen molar-refractivity contribution in [2.45, 2.75) is 12.4 Å². The highest BCUT2D eigenvalue weighted by atomic mass is 35.5. The molecule has 0 N–H and O–H groups in total. The summed E-state index contributed by atoms with van der Waals surface area (Å²) < 4.78 is 12.8. The average molecular weight is 265 g/mol. The molecular formula is C14H14ClFN2. The number of halogens is 2. The maximum atomic E-state index is 12.8. The van der Waals surface area contributed by atoms with Crippen molar-refractivity contribution in [3.8, 4) is 0 Å². The lowest BCUT2D eigenvalue weighted by molar-refractivity contribution is 0.627. The molecule has 2 aromatic rings. The number of anilines is 1. The van der Waals surface area contributed by atoms with Crippen LogP contribution in [0.1, 0.15) is 11.1 Å². The van der Waals surface area contributed by atoms with E-state index in [0.29, 0.717) is 12.4 Å². The van der Waals surface area contributed by atoms with Crippen molar-refractivity contribution in [2.24, 2.45) is 0 Å². The number of rotatable bonds is 4. The second-order valence-electron chi connectivity index (χ2n) is 4.14. The van der Waals surface area contributed by atoms with Gasteiger partial charge in [-0.15, -0.1) is 11.6 Å². The van der Waals surface area contributed by atoms with E-state index in [1.807, 2.05) is 24.1 Å². The molecule has 0 unspecified atom stereocenters. The molecule has 1 aromatic heterocycles. The molecule has 18 heavy (non-hydrogen) atoms. The highest BCUT2D eigenvalue weighted by molar-refractivity contribution is 6.17. The van der Waals surface area contributed by atoms with E-state index in [1.165, 1.54) is 12.1 Å². The van der Waals surface area contributed by atoms with E-state index in [4.69, 9.17) is 11.6 Å². The molecule has 0 aliphatic carbocycles. The van der Waals surface area contributed by atoms with Gasteiger partial charge in [-0.3, -0.25) is 0 Å². The lowest BCUT2D eigenvalue weighted by Crippen LogP contribution is -2.17. The minimum Gasteiger partial charge on any atom is -0.355 e. The van der Waals surface area contributed by atoms with Crippen LogP contribution in [0, 0.1) is 5.82 Å². The third kappa shape index (κ3) is 3.20. The smallest absolute Gasteiger partial charge is 0.128 e. The molecule has 0 fully saturated rings. The van der Waals surface area contributed by atoms with E-state index in [9.17, 15) is 4.39 Å². The Morgan fingerprint density at radius 3 is 2.56 bits per heavy atom. The van der Waals surface area contributed by atoms with Crippen molar-refractivity contribution < 1.29 is 4.39 Å². The standard InChI is InChI=1S/C14H14ClFN2/c1-18(10-11-2-4-13(16)5-3-11)14-8-12(9-15)6-7-17-14/h2-8H,9-10H2,1H3. The number of pyridine rings is 1. The summed E-state index contributed by atoms with van der Waals surface area (Å²) >= 11 is 5.79. The minimum atomic E-state index is -0.219. The number of aromatic nitrogens is 1. The summed E-state index contributed by atoms with van der Waals surface area (Å²) in [5, 5.41) is 0. The van der Waals surface area contributed by atoms with Gasteiger partial charge in [-0.25, -0.2) is 9.37 Å². The summed E-state index contributed by atoms with van der Waals surface area (Å²) in [7, 11) is 1.95. The van der Waals surface area contributed by atoms with Crippen LogP contribution >= 0.6 is 11.6 Å². The first-order valence-corrected chi connectivity index (χ1v) is 6.19. The zero-order valence-corrected chi connectivity index (χ0v) is 10.9. The average Bonchev–Trinajstić information content (AvgIpc) is 2.41. The van der Waals surface area contributed by atoms with E-state index >= 15 is 0 Å². The fourth-order valence-electron chi connectivity index (χ4n) is 1.70. The van der Waals surface area contributed by atoms with Crippen LogP contribution < -0.4 is 4.90 Å². The molecule has 1 aromatic carbocycles. The monoisotopic (exact) mass is 264 g/mol. The Labute approximate surface area is 111 Å². The van der Waals surface area contributed by atoms with Crippen LogP contribution in [0.2, 0.25) is 0 Å². The van der Waals surface area contributed by atoms with Crippen molar-refractivity contribution in [3.63, 3.8) is 0 Å². The number of alkyl halides is 1. The molecule has 0 amide bonds. The third-order valence-electron chi connectivity index (χ3n) is 2.69. The Hall–Kier alpha value is -1.61. The van der Waals surface area contributed by atoms with Gasteiger partial charge in [0.15, 0.2) is 0 Å². The van der Waals surface area contributed by atoms with E-state index in [2.05, 4.69) is 4.98 Å². The van der Waals surface area contributed by atoms with E-state index in [0.717, 1.165) is 16.9 Å². The third-order valence-corrected chi connectivity index (χ3v) is 3.00. The molecule has 0 spiro atoms. The van der Waals surface area contributed by atoms with Gasteiger partial charge in [-0.1, -0.05) is 12.1 Å². The summed E-state index contributed by atoms with van der Waals surface area (Å²) in [5.74, 6) is 1.11. The Morgan fingerprint density at radius 1 is 1.17 bits per heavy atom. The van der Waals surface area contributed by atoms with Gasteiger partial charge in [-0.2, -0.15) is 0 Å². The first-order chi connectivity index (χ1) is 8.69. The Balaban J connectivity index is 2.11. The summed E-state index contributed by atoms with van der Waals surface area (Å²) in [6.45, 7) is 0.680. The SMILES string of the molecule is CN(Cc1ccc(F)cc1)c1cc(CCl)ccn1. The van der Waals surface area contributed by atoms with Crippen LogP contribution in [0.25, 0.3) is 0 Å². The van der Waals surface area contributed by atoms with E-state index in [1.54, 1.807) is 18.3 Å².